The quantitative estimate of drug-likeness (QED) is 0.681. The first-order chi connectivity index (χ1) is 15.1. The average molecular weight is 440 g/mol. The number of amides is 3. The zero-order valence-electron chi connectivity index (χ0n) is 17.3. The van der Waals surface area contributed by atoms with Crippen LogP contribution >= 0.6 is 11.3 Å². The van der Waals surface area contributed by atoms with Crippen molar-refractivity contribution in [3.8, 4) is 0 Å². The number of piperazine rings is 1. The Labute approximate surface area is 184 Å². The van der Waals surface area contributed by atoms with Crippen LogP contribution in [-0.2, 0) is 4.79 Å². The second-order valence-corrected chi connectivity index (χ2v) is 9.36. The lowest BCUT2D eigenvalue weighted by atomic mass is 9.90. The molecule has 0 spiro atoms. The molecule has 1 aliphatic carbocycles. The zero-order valence-corrected chi connectivity index (χ0v) is 18.1. The maximum atomic E-state index is 12.8. The van der Waals surface area contributed by atoms with E-state index in [0.717, 1.165) is 15.0 Å². The van der Waals surface area contributed by atoms with Gasteiger partial charge in [0.15, 0.2) is 0 Å². The van der Waals surface area contributed by atoms with E-state index < -0.39 is 11.8 Å². The summed E-state index contributed by atoms with van der Waals surface area (Å²) in [6.45, 7) is 2.22. The standard InChI is InChI=1S/C22H25N5O3S/c28-18(14-27-20(29)16-8-4-5-9-17(16)21(27)30)25-10-12-26(13-11-25)22-24-23-19(31-22)15-6-2-1-3-7-15/h4-5,8-9,15H,1-3,6-7,10-14H2. The summed E-state index contributed by atoms with van der Waals surface area (Å²) < 4.78 is 0. The van der Waals surface area contributed by atoms with E-state index in [0.29, 0.717) is 43.2 Å². The number of rotatable bonds is 4. The summed E-state index contributed by atoms with van der Waals surface area (Å²) in [4.78, 5) is 42.8. The molecule has 2 aromatic rings. The first-order valence-electron chi connectivity index (χ1n) is 10.9. The summed E-state index contributed by atoms with van der Waals surface area (Å²) in [5, 5.41) is 10.9. The maximum Gasteiger partial charge on any atom is 0.262 e. The number of carbonyl (C=O) groups is 3. The second kappa shape index (κ2) is 8.37. The van der Waals surface area contributed by atoms with Gasteiger partial charge in [-0.2, -0.15) is 0 Å². The second-order valence-electron chi connectivity index (χ2n) is 8.37. The fourth-order valence-electron chi connectivity index (χ4n) is 4.63. The molecular weight excluding hydrogens is 414 g/mol. The number of nitrogens with zero attached hydrogens (tertiary/aromatic N) is 5. The van der Waals surface area contributed by atoms with Gasteiger partial charge in [0.1, 0.15) is 11.6 Å². The minimum absolute atomic E-state index is 0.200. The number of fused-ring (bicyclic) bond motifs is 1. The van der Waals surface area contributed by atoms with Gasteiger partial charge in [-0.1, -0.05) is 42.7 Å². The third-order valence-electron chi connectivity index (χ3n) is 6.46. The topological polar surface area (TPSA) is 86.7 Å². The van der Waals surface area contributed by atoms with Gasteiger partial charge in [0, 0.05) is 32.1 Å². The van der Waals surface area contributed by atoms with Crippen LogP contribution in [-0.4, -0.2) is 70.4 Å². The summed E-state index contributed by atoms with van der Waals surface area (Å²) in [7, 11) is 0. The molecule has 0 radical (unpaired) electrons. The highest BCUT2D eigenvalue weighted by Crippen LogP contribution is 2.36. The molecule has 162 valence electrons. The van der Waals surface area contributed by atoms with E-state index in [1.807, 2.05) is 0 Å². The van der Waals surface area contributed by atoms with Crippen molar-refractivity contribution in [3.63, 3.8) is 0 Å². The molecule has 0 N–H and O–H groups in total. The van der Waals surface area contributed by atoms with Gasteiger partial charge in [0.25, 0.3) is 11.8 Å². The average Bonchev–Trinajstić information content (AvgIpc) is 3.40. The van der Waals surface area contributed by atoms with Crippen LogP contribution in [0.3, 0.4) is 0 Å². The van der Waals surface area contributed by atoms with Gasteiger partial charge in [-0.3, -0.25) is 19.3 Å². The normalized spacial score (nSPS) is 19.8. The molecule has 1 aromatic carbocycles. The van der Waals surface area contributed by atoms with Crippen LogP contribution in [0.25, 0.3) is 0 Å². The molecule has 8 nitrogen and oxygen atoms in total. The Kier molecular flexibility index (Phi) is 5.43. The van der Waals surface area contributed by atoms with Crippen LogP contribution in [0.5, 0.6) is 0 Å². The molecule has 1 saturated carbocycles. The molecule has 31 heavy (non-hydrogen) atoms. The fraction of sp³-hybridized carbons (Fsp3) is 0.500. The van der Waals surface area contributed by atoms with Crippen LogP contribution in [0.4, 0.5) is 5.13 Å². The number of carbonyl (C=O) groups excluding carboxylic acids is 3. The molecule has 2 fully saturated rings. The van der Waals surface area contributed by atoms with Gasteiger partial charge in [-0.05, 0) is 25.0 Å². The van der Waals surface area contributed by atoms with Crippen molar-refractivity contribution in [3.05, 3.63) is 40.4 Å². The van der Waals surface area contributed by atoms with Crippen molar-refractivity contribution in [2.45, 2.75) is 38.0 Å². The summed E-state index contributed by atoms with van der Waals surface area (Å²) in [5.41, 5.74) is 0.741. The van der Waals surface area contributed by atoms with Crippen LogP contribution in [0.15, 0.2) is 24.3 Å². The van der Waals surface area contributed by atoms with Crippen molar-refractivity contribution in [2.24, 2.45) is 0 Å². The third kappa shape index (κ3) is 3.82. The third-order valence-corrected chi connectivity index (χ3v) is 7.61. The predicted molar refractivity (Wildman–Crippen MR) is 116 cm³/mol. The van der Waals surface area contributed by atoms with Gasteiger partial charge >= 0.3 is 0 Å². The van der Waals surface area contributed by atoms with Crippen molar-refractivity contribution in [1.29, 1.82) is 0 Å². The Morgan fingerprint density at radius 2 is 1.58 bits per heavy atom. The fourth-order valence-corrected chi connectivity index (χ4v) is 5.70. The minimum atomic E-state index is -0.392. The molecule has 5 rings (SSSR count). The largest absolute Gasteiger partial charge is 0.343 e. The van der Waals surface area contributed by atoms with E-state index in [4.69, 9.17) is 0 Å². The molecular formula is C22H25N5O3S. The van der Waals surface area contributed by atoms with Crippen LogP contribution in [0.1, 0.15) is 63.7 Å². The van der Waals surface area contributed by atoms with E-state index in [2.05, 4.69) is 15.1 Å². The summed E-state index contributed by atoms with van der Waals surface area (Å²) in [6, 6.07) is 6.70. The molecule has 3 amide bonds. The molecule has 1 saturated heterocycles. The summed E-state index contributed by atoms with van der Waals surface area (Å²) >= 11 is 1.68. The van der Waals surface area contributed by atoms with Gasteiger partial charge in [-0.15, -0.1) is 10.2 Å². The van der Waals surface area contributed by atoms with Gasteiger partial charge in [-0.25, -0.2) is 0 Å². The molecule has 1 aromatic heterocycles. The van der Waals surface area contributed by atoms with E-state index in [1.165, 1.54) is 32.1 Å². The molecule has 0 atom stereocenters. The Balaban J connectivity index is 1.17. The molecule has 2 aliphatic heterocycles. The number of benzene rings is 1. The van der Waals surface area contributed by atoms with E-state index in [1.54, 1.807) is 40.5 Å². The summed E-state index contributed by atoms with van der Waals surface area (Å²) in [5.74, 6) is -0.440. The molecule has 0 unspecified atom stereocenters. The first kappa shape index (κ1) is 20.1. The Hall–Kier alpha value is -2.81. The summed E-state index contributed by atoms with van der Waals surface area (Å²) in [6.07, 6.45) is 6.27. The smallest absolute Gasteiger partial charge is 0.262 e. The van der Waals surface area contributed by atoms with Crippen LogP contribution in [0.2, 0.25) is 0 Å². The van der Waals surface area contributed by atoms with Crippen molar-refractivity contribution < 1.29 is 14.4 Å². The van der Waals surface area contributed by atoms with Gasteiger partial charge in [0.2, 0.25) is 11.0 Å². The lowest BCUT2D eigenvalue weighted by Crippen LogP contribution is -2.51. The number of aromatic nitrogens is 2. The maximum absolute atomic E-state index is 12.8. The van der Waals surface area contributed by atoms with Crippen molar-refractivity contribution >= 4 is 34.2 Å². The number of anilines is 1. The van der Waals surface area contributed by atoms with E-state index >= 15 is 0 Å². The highest BCUT2D eigenvalue weighted by Gasteiger charge is 2.37. The lowest BCUT2D eigenvalue weighted by molar-refractivity contribution is -0.131. The van der Waals surface area contributed by atoms with Crippen molar-refractivity contribution in [1.82, 2.24) is 20.0 Å². The SMILES string of the molecule is O=C(CN1C(=O)c2ccccc2C1=O)N1CCN(c2nnc(C3CCCCC3)s2)CC1. The van der Waals surface area contributed by atoms with Crippen LogP contribution in [0, 0.1) is 0 Å². The van der Waals surface area contributed by atoms with Crippen molar-refractivity contribution in [2.75, 3.05) is 37.6 Å². The monoisotopic (exact) mass is 439 g/mol. The number of hydrogen-bond donors (Lipinski definition) is 0. The minimum Gasteiger partial charge on any atom is -0.343 e. The number of imide groups is 1. The molecule has 0 bridgehead atoms. The van der Waals surface area contributed by atoms with Gasteiger partial charge < -0.3 is 9.80 Å². The van der Waals surface area contributed by atoms with Crippen LogP contribution < -0.4 is 4.90 Å². The Bertz CT molecular complexity index is 973. The van der Waals surface area contributed by atoms with E-state index in [9.17, 15) is 14.4 Å². The highest BCUT2D eigenvalue weighted by atomic mass is 32.1. The number of hydrogen-bond acceptors (Lipinski definition) is 7. The molecule has 3 aliphatic rings. The molecule has 9 heteroatoms. The lowest BCUT2D eigenvalue weighted by Gasteiger charge is -2.34. The Morgan fingerprint density at radius 1 is 0.935 bits per heavy atom. The Morgan fingerprint density at radius 3 is 2.23 bits per heavy atom. The predicted octanol–water partition coefficient (Wildman–Crippen LogP) is 2.53. The highest BCUT2D eigenvalue weighted by molar-refractivity contribution is 7.15. The zero-order chi connectivity index (χ0) is 21.4. The first-order valence-corrected chi connectivity index (χ1v) is 11.7. The molecule has 3 heterocycles. The van der Waals surface area contributed by atoms with E-state index in [-0.39, 0.29) is 12.5 Å². The van der Waals surface area contributed by atoms with Gasteiger partial charge in [0.05, 0.1) is 11.1 Å².